The second-order valence-corrected chi connectivity index (χ2v) is 6.04. The van der Waals surface area contributed by atoms with E-state index < -0.39 is 4.92 Å². The molecule has 0 saturated heterocycles. The van der Waals surface area contributed by atoms with Crippen LogP contribution in [-0.2, 0) is 0 Å². The first-order valence-corrected chi connectivity index (χ1v) is 7.80. The minimum Gasteiger partial charge on any atom is -0.496 e. The molecule has 0 spiro atoms. The van der Waals surface area contributed by atoms with Crippen LogP contribution in [0.3, 0.4) is 0 Å². The molecule has 122 valence electrons. The number of carbonyl (C=O) groups is 1. The van der Waals surface area contributed by atoms with Crippen molar-refractivity contribution in [2.24, 2.45) is 0 Å². The molecule has 0 bridgehead atoms. The molecule has 1 aliphatic heterocycles. The smallest absolute Gasteiger partial charge is 0.311 e. The lowest BCUT2D eigenvalue weighted by atomic mass is 10.1. The summed E-state index contributed by atoms with van der Waals surface area (Å²) in [6, 6.07) is 10.1. The Labute approximate surface area is 142 Å². The summed E-state index contributed by atoms with van der Waals surface area (Å²) in [5, 5.41) is 11.2. The van der Waals surface area contributed by atoms with E-state index >= 15 is 0 Å². The third-order valence-electron chi connectivity index (χ3n) is 3.59. The predicted octanol–water partition coefficient (Wildman–Crippen LogP) is 3.94. The molecule has 2 aromatic rings. The molecular weight excluding hydrogens is 330 g/mol. The zero-order valence-electron chi connectivity index (χ0n) is 12.9. The normalized spacial score (nSPS) is 14.6. The van der Waals surface area contributed by atoms with Gasteiger partial charge in [0.05, 0.1) is 24.0 Å². The molecule has 0 aromatic heterocycles. The number of thioether (sulfide) groups is 1. The van der Waals surface area contributed by atoms with Crippen molar-refractivity contribution in [1.82, 2.24) is 0 Å². The molecule has 0 amide bonds. The Morgan fingerprint density at radius 1 is 1.12 bits per heavy atom. The van der Waals surface area contributed by atoms with E-state index in [1.807, 2.05) is 12.1 Å². The first kappa shape index (κ1) is 16.1. The first-order chi connectivity index (χ1) is 11.5. The minimum atomic E-state index is -0.529. The molecule has 7 heteroatoms. The van der Waals surface area contributed by atoms with Crippen LogP contribution in [0.4, 0.5) is 5.69 Å². The van der Waals surface area contributed by atoms with E-state index in [4.69, 9.17) is 9.47 Å². The van der Waals surface area contributed by atoms with Crippen molar-refractivity contribution >= 4 is 29.3 Å². The Morgan fingerprint density at radius 3 is 2.46 bits per heavy atom. The highest BCUT2D eigenvalue weighted by Crippen LogP contribution is 2.42. The summed E-state index contributed by atoms with van der Waals surface area (Å²) in [6.45, 7) is 0. The first-order valence-electron chi connectivity index (χ1n) is 6.99. The highest BCUT2D eigenvalue weighted by molar-refractivity contribution is 8.04. The summed E-state index contributed by atoms with van der Waals surface area (Å²) in [4.78, 5) is 24.5. The maximum atomic E-state index is 12.5. The molecule has 6 nitrogen and oxygen atoms in total. The van der Waals surface area contributed by atoms with Gasteiger partial charge in [0.1, 0.15) is 5.75 Å². The number of Topliss-reactive ketones (excluding diaryl/α,β-unsaturated/α-hetero) is 1. The Kier molecular flexibility index (Phi) is 4.26. The number of allylic oxidation sites excluding steroid dienone is 1. The molecule has 0 atom stereocenters. The fraction of sp³-hybridized carbons (Fsp3) is 0.118. The molecule has 0 fully saturated rings. The lowest BCUT2D eigenvalue weighted by Crippen LogP contribution is -1.98. The summed E-state index contributed by atoms with van der Waals surface area (Å²) in [6.07, 6.45) is 1.61. The van der Waals surface area contributed by atoms with Crippen LogP contribution in [0.25, 0.3) is 6.08 Å². The highest BCUT2D eigenvalue weighted by atomic mass is 32.2. The predicted molar refractivity (Wildman–Crippen MR) is 90.8 cm³/mol. The Hall–Kier alpha value is -2.80. The number of hydrogen-bond acceptors (Lipinski definition) is 6. The van der Waals surface area contributed by atoms with Crippen LogP contribution >= 0.6 is 11.8 Å². The van der Waals surface area contributed by atoms with Crippen LogP contribution in [0, 0.1) is 10.1 Å². The van der Waals surface area contributed by atoms with Crippen molar-refractivity contribution in [2.75, 3.05) is 14.2 Å². The largest absolute Gasteiger partial charge is 0.496 e. The van der Waals surface area contributed by atoms with Gasteiger partial charge in [0, 0.05) is 28.2 Å². The number of carbonyl (C=O) groups excluding carboxylic acids is 1. The standard InChI is InChI=1S/C17H13NO5S/c1-22-13-9-14(23-2)12(18(20)21)7-10(13)8-16-17(19)11-5-3-4-6-15(11)24-16/h3-9H,1-2H3/b16-8-. The van der Waals surface area contributed by atoms with Crippen LogP contribution in [0.5, 0.6) is 11.5 Å². The average molecular weight is 343 g/mol. The van der Waals surface area contributed by atoms with Gasteiger partial charge in [-0.1, -0.05) is 23.9 Å². The van der Waals surface area contributed by atoms with Crippen LogP contribution < -0.4 is 9.47 Å². The summed E-state index contributed by atoms with van der Waals surface area (Å²) < 4.78 is 10.3. The van der Waals surface area contributed by atoms with E-state index in [1.165, 1.54) is 38.1 Å². The maximum absolute atomic E-state index is 12.5. The van der Waals surface area contributed by atoms with Gasteiger partial charge in [-0.15, -0.1) is 0 Å². The van der Waals surface area contributed by atoms with Gasteiger partial charge < -0.3 is 9.47 Å². The number of ketones is 1. The number of methoxy groups -OCH3 is 2. The van der Waals surface area contributed by atoms with Crippen molar-refractivity contribution in [3.05, 3.63) is 62.5 Å². The van der Waals surface area contributed by atoms with Gasteiger partial charge in [-0.25, -0.2) is 0 Å². The highest BCUT2D eigenvalue weighted by Gasteiger charge is 2.26. The molecule has 24 heavy (non-hydrogen) atoms. The number of ether oxygens (including phenoxy) is 2. The van der Waals surface area contributed by atoms with Crippen LogP contribution in [0.15, 0.2) is 46.2 Å². The van der Waals surface area contributed by atoms with Gasteiger partial charge in [-0.05, 0) is 18.2 Å². The molecule has 0 radical (unpaired) electrons. The summed E-state index contributed by atoms with van der Waals surface area (Å²) in [7, 11) is 2.81. The third kappa shape index (κ3) is 2.74. The topological polar surface area (TPSA) is 78.7 Å². The number of nitro groups is 1. The number of rotatable bonds is 4. The van der Waals surface area contributed by atoms with Crippen molar-refractivity contribution < 1.29 is 19.2 Å². The van der Waals surface area contributed by atoms with Gasteiger partial charge in [0.15, 0.2) is 0 Å². The monoisotopic (exact) mass is 343 g/mol. The van der Waals surface area contributed by atoms with Gasteiger partial charge in [-0.3, -0.25) is 14.9 Å². The molecular formula is C17H13NO5S. The molecule has 1 heterocycles. The fourth-order valence-corrected chi connectivity index (χ4v) is 3.48. The molecule has 3 rings (SSSR count). The molecule has 0 saturated carbocycles. The molecule has 0 unspecified atom stereocenters. The second kappa shape index (κ2) is 6.37. The summed E-state index contributed by atoms with van der Waals surface area (Å²) in [5.41, 5.74) is 0.905. The van der Waals surface area contributed by atoms with Crippen molar-refractivity contribution in [3.8, 4) is 11.5 Å². The Morgan fingerprint density at radius 2 is 1.83 bits per heavy atom. The van der Waals surface area contributed by atoms with E-state index in [-0.39, 0.29) is 17.2 Å². The van der Waals surface area contributed by atoms with E-state index in [9.17, 15) is 14.9 Å². The molecule has 1 aliphatic rings. The van der Waals surface area contributed by atoms with Crippen LogP contribution in [0.2, 0.25) is 0 Å². The molecule has 0 N–H and O–H groups in total. The summed E-state index contributed by atoms with van der Waals surface area (Å²) >= 11 is 1.34. The fourth-order valence-electron chi connectivity index (χ4n) is 2.44. The van der Waals surface area contributed by atoms with Crippen molar-refractivity contribution in [1.29, 1.82) is 0 Å². The zero-order valence-corrected chi connectivity index (χ0v) is 13.8. The van der Waals surface area contributed by atoms with E-state index in [0.29, 0.717) is 21.8 Å². The number of nitrogens with zero attached hydrogens (tertiary/aromatic N) is 1. The second-order valence-electron chi connectivity index (χ2n) is 4.96. The SMILES string of the molecule is COc1cc(OC)c([N+](=O)[O-])cc1/C=C1\Sc2ccccc2C1=O. The molecule has 0 aliphatic carbocycles. The minimum absolute atomic E-state index is 0.101. The lowest BCUT2D eigenvalue weighted by Gasteiger charge is -2.09. The Bertz CT molecular complexity index is 875. The van der Waals surface area contributed by atoms with Crippen LogP contribution in [-0.4, -0.2) is 24.9 Å². The average Bonchev–Trinajstić information content (AvgIpc) is 2.90. The zero-order chi connectivity index (χ0) is 17.3. The van der Waals surface area contributed by atoms with E-state index in [2.05, 4.69) is 0 Å². The third-order valence-corrected chi connectivity index (χ3v) is 4.69. The van der Waals surface area contributed by atoms with E-state index in [0.717, 1.165) is 4.90 Å². The summed E-state index contributed by atoms with van der Waals surface area (Å²) in [5.74, 6) is 0.401. The van der Waals surface area contributed by atoms with E-state index in [1.54, 1.807) is 18.2 Å². The van der Waals surface area contributed by atoms with Gasteiger partial charge in [0.2, 0.25) is 11.5 Å². The number of benzene rings is 2. The number of hydrogen-bond donors (Lipinski definition) is 0. The quantitative estimate of drug-likeness (QED) is 0.475. The van der Waals surface area contributed by atoms with Crippen molar-refractivity contribution in [2.45, 2.75) is 4.90 Å². The van der Waals surface area contributed by atoms with Gasteiger partial charge in [0.25, 0.3) is 0 Å². The lowest BCUT2D eigenvalue weighted by molar-refractivity contribution is -0.385. The maximum Gasteiger partial charge on any atom is 0.311 e. The van der Waals surface area contributed by atoms with Gasteiger partial charge >= 0.3 is 5.69 Å². The van der Waals surface area contributed by atoms with Crippen molar-refractivity contribution in [3.63, 3.8) is 0 Å². The van der Waals surface area contributed by atoms with Crippen LogP contribution in [0.1, 0.15) is 15.9 Å². The molecule has 2 aromatic carbocycles. The van der Waals surface area contributed by atoms with Gasteiger partial charge in [-0.2, -0.15) is 0 Å². The number of nitro benzene ring substituents is 1. The number of fused-ring (bicyclic) bond motifs is 1. The Balaban J connectivity index is 2.09.